The minimum absolute atomic E-state index is 0.126. The third-order valence-corrected chi connectivity index (χ3v) is 5.06. The number of rotatable bonds is 5. The Hall–Kier alpha value is -3.06. The number of Topliss-reactive ketones (excluding diaryl/α,β-unsaturated/α-hetero) is 1. The molecular formula is C20H14F2O4S. The number of aromatic hydroxyl groups is 1. The Balaban J connectivity index is 2.02. The summed E-state index contributed by atoms with van der Waals surface area (Å²) in [5, 5.41) is 20.8. The number of carbonyl (C=O) groups is 2. The molecule has 7 heteroatoms. The fourth-order valence-corrected chi connectivity index (χ4v) is 3.81. The van der Waals surface area contributed by atoms with Crippen LogP contribution in [-0.4, -0.2) is 22.0 Å². The van der Waals surface area contributed by atoms with E-state index in [1.807, 2.05) is 0 Å². The Morgan fingerprint density at radius 3 is 2.48 bits per heavy atom. The number of benzene rings is 2. The van der Waals surface area contributed by atoms with Gasteiger partial charge in [0.2, 0.25) is 0 Å². The van der Waals surface area contributed by atoms with Gasteiger partial charge in [0.1, 0.15) is 17.4 Å². The first-order valence-electron chi connectivity index (χ1n) is 7.90. The number of carbonyl (C=O) groups excluding carboxylic acids is 1. The minimum Gasteiger partial charge on any atom is -0.507 e. The highest BCUT2D eigenvalue weighted by atomic mass is 32.1. The summed E-state index contributed by atoms with van der Waals surface area (Å²) < 4.78 is 27.6. The normalized spacial score (nSPS) is 10.8. The van der Waals surface area contributed by atoms with Crippen molar-refractivity contribution in [2.75, 3.05) is 0 Å². The number of phenols is 1. The van der Waals surface area contributed by atoms with Crippen LogP contribution in [0, 0.1) is 18.6 Å². The van der Waals surface area contributed by atoms with Gasteiger partial charge in [0, 0.05) is 22.4 Å². The van der Waals surface area contributed by atoms with Crippen LogP contribution in [0.25, 0.3) is 11.1 Å². The van der Waals surface area contributed by atoms with Gasteiger partial charge in [-0.2, -0.15) is 0 Å². The molecule has 0 aliphatic rings. The first-order valence-corrected chi connectivity index (χ1v) is 8.77. The summed E-state index contributed by atoms with van der Waals surface area (Å²) in [4.78, 5) is 24.4. The van der Waals surface area contributed by atoms with Crippen molar-refractivity contribution in [1.29, 1.82) is 0 Å². The lowest BCUT2D eigenvalue weighted by atomic mass is 9.98. The maximum atomic E-state index is 14.3. The Morgan fingerprint density at radius 2 is 1.81 bits per heavy atom. The number of phenolic OH excluding ortho intramolecular Hbond substituents is 1. The van der Waals surface area contributed by atoms with Gasteiger partial charge in [-0.25, -0.2) is 13.6 Å². The number of aromatic carboxylic acids is 1. The van der Waals surface area contributed by atoms with E-state index in [2.05, 4.69) is 0 Å². The highest BCUT2D eigenvalue weighted by Gasteiger charge is 2.24. The molecule has 0 radical (unpaired) electrons. The molecule has 1 aromatic heterocycles. The van der Waals surface area contributed by atoms with Gasteiger partial charge in [-0.15, -0.1) is 11.3 Å². The molecule has 0 aliphatic carbocycles. The van der Waals surface area contributed by atoms with Crippen LogP contribution in [-0.2, 0) is 6.42 Å². The first-order chi connectivity index (χ1) is 12.8. The number of carboxylic acid groups (broad SMARTS) is 1. The van der Waals surface area contributed by atoms with E-state index >= 15 is 0 Å². The second kappa shape index (κ2) is 7.28. The van der Waals surface area contributed by atoms with E-state index in [-0.39, 0.29) is 39.3 Å². The second-order valence-corrected chi connectivity index (χ2v) is 6.96. The highest BCUT2D eigenvalue weighted by molar-refractivity contribution is 7.11. The minimum atomic E-state index is -1.29. The SMILES string of the molecule is Cc1ccc(-c2csc(CC(=O)c3cc(F)ccc3O)c2C(=O)O)c(F)c1. The summed E-state index contributed by atoms with van der Waals surface area (Å²) in [6.45, 7) is 1.72. The maximum Gasteiger partial charge on any atom is 0.337 e. The standard InChI is InChI=1S/C20H14F2O4S/c1-10-2-4-12(15(22)6-10)14-9-27-18(19(14)20(25)26)8-17(24)13-7-11(21)3-5-16(13)23/h2-7,9,23H,8H2,1H3,(H,25,26). The highest BCUT2D eigenvalue weighted by Crippen LogP contribution is 2.35. The van der Waals surface area contributed by atoms with Crippen LogP contribution in [0.5, 0.6) is 5.75 Å². The Labute approximate surface area is 157 Å². The van der Waals surface area contributed by atoms with Gasteiger partial charge < -0.3 is 10.2 Å². The number of hydrogen-bond acceptors (Lipinski definition) is 4. The molecular weight excluding hydrogens is 374 g/mol. The summed E-state index contributed by atoms with van der Waals surface area (Å²) in [6, 6.07) is 7.42. The monoisotopic (exact) mass is 388 g/mol. The smallest absolute Gasteiger partial charge is 0.337 e. The molecule has 0 saturated heterocycles. The van der Waals surface area contributed by atoms with Crippen LogP contribution in [0.15, 0.2) is 41.8 Å². The first kappa shape index (κ1) is 18.7. The fraction of sp³-hybridized carbons (Fsp3) is 0.100. The van der Waals surface area contributed by atoms with Crippen molar-refractivity contribution in [2.45, 2.75) is 13.3 Å². The zero-order valence-electron chi connectivity index (χ0n) is 14.1. The molecule has 1 heterocycles. The van der Waals surface area contributed by atoms with Crippen molar-refractivity contribution in [3.05, 3.63) is 75.0 Å². The number of aryl methyl sites for hydroxylation is 1. The molecule has 0 aliphatic heterocycles. The van der Waals surface area contributed by atoms with E-state index in [0.717, 1.165) is 29.5 Å². The van der Waals surface area contributed by atoms with Crippen LogP contribution in [0.1, 0.15) is 31.2 Å². The molecule has 2 aromatic carbocycles. The van der Waals surface area contributed by atoms with Gasteiger partial charge in [-0.1, -0.05) is 12.1 Å². The molecule has 0 bridgehead atoms. The average molecular weight is 388 g/mol. The molecule has 0 saturated carbocycles. The number of ketones is 1. The van der Waals surface area contributed by atoms with Gasteiger partial charge >= 0.3 is 5.97 Å². The van der Waals surface area contributed by atoms with Crippen molar-refractivity contribution in [1.82, 2.24) is 0 Å². The van der Waals surface area contributed by atoms with Crippen LogP contribution >= 0.6 is 11.3 Å². The van der Waals surface area contributed by atoms with Gasteiger partial charge in [0.15, 0.2) is 5.78 Å². The lowest BCUT2D eigenvalue weighted by molar-refractivity contribution is 0.0697. The largest absolute Gasteiger partial charge is 0.507 e. The quantitative estimate of drug-likeness (QED) is 0.614. The molecule has 0 atom stereocenters. The molecule has 27 heavy (non-hydrogen) atoms. The molecule has 3 aromatic rings. The Kier molecular flexibility index (Phi) is 5.05. The van der Waals surface area contributed by atoms with Crippen LogP contribution in [0.3, 0.4) is 0 Å². The molecule has 4 nitrogen and oxygen atoms in total. The van der Waals surface area contributed by atoms with E-state index in [9.17, 15) is 28.6 Å². The number of thiophene rings is 1. The second-order valence-electron chi connectivity index (χ2n) is 6.00. The van der Waals surface area contributed by atoms with Crippen LogP contribution < -0.4 is 0 Å². The van der Waals surface area contributed by atoms with E-state index < -0.39 is 23.4 Å². The summed E-state index contributed by atoms with van der Waals surface area (Å²) in [5.74, 6) is -3.57. The summed E-state index contributed by atoms with van der Waals surface area (Å²) in [5.41, 5.74) is 0.591. The average Bonchev–Trinajstić information content (AvgIpc) is 3.00. The molecule has 0 amide bonds. The summed E-state index contributed by atoms with van der Waals surface area (Å²) >= 11 is 1.00. The number of hydrogen-bond donors (Lipinski definition) is 2. The number of halogens is 2. The summed E-state index contributed by atoms with van der Waals surface area (Å²) in [6.07, 6.45) is -0.350. The molecule has 0 unspecified atom stereocenters. The van der Waals surface area contributed by atoms with Crippen LogP contribution in [0.2, 0.25) is 0 Å². The molecule has 0 fully saturated rings. The van der Waals surface area contributed by atoms with Crippen molar-refractivity contribution in [2.24, 2.45) is 0 Å². The molecule has 138 valence electrons. The van der Waals surface area contributed by atoms with Crippen molar-refractivity contribution < 1.29 is 28.6 Å². The van der Waals surface area contributed by atoms with Gasteiger partial charge in [0.25, 0.3) is 0 Å². The van der Waals surface area contributed by atoms with E-state index in [1.54, 1.807) is 13.0 Å². The van der Waals surface area contributed by atoms with E-state index in [0.29, 0.717) is 5.56 Å². The van der Waals surface area contributed by atoms with Gasteiger partial charge in [-0.05, 0) is 42.1 Å². The van der Waals surface area contributed by atoms with Crippen molar-refractivity contribution in [3.63, 3.8) is 0 Å². The molecule has 2 N–H and O–H groups in total. The maximum absolute atomic E-state index is 14.3. The lowest BCUT2D eigenvalue weighted by Gasteiger charge is -2.07. The topological polar surface area (TPSA) is 74.6 Å². The zero-order chi connectivity index (χ0) is 19.7. The van der Waals surface area contributed by atoms with Crippen molar-refractivity contribution in [3.8, 4) is 16.9 Å². The predicted molar refractivity (Wildman–Crippen MR) is 97.5 cm³/mol. The third-order valence-electron chi connectivity index (χ3n) is 4.08. The lowest BCUT2D eigenvalue weighted by Crippen LogP contribution is -2.08. The van der Waals surface area contributed by atoms with Gasteiger partial charge in [0.05, 0.1) is 11.1 Å². The number of carboxylic acids is 1. The van der Waals surface area contributed by atoms with Crippen LogP contribution in [0.4, 0.5) is 8.78 Å². The van der Waals surface area contributed by atoms with E-state index in [1.165, 1.54) is 17.5 Å². The van der Waals surface area contributed by atoms with Gasteiger partial charge in [-0.3, -0.25) is 4.79 Å². The Bertz CT molecular complexity index is 1060. The fourth-order valence-electron chi connectivity index (χ4n) is 2.77. The van der Waals surface area contributed by atoms with E-state index in [4.69, 9.17) is 0 Å². The molecule has 0 spiro atoms. The predicted octanol–water partition coefficient (Wildman–Crippen LogP) is 4.83. The summed E-state index contributed by atoms with van der Waals surface area (Å²) in [7, 11) is 0. The molecule has 3 rings (SSSR count). The van der Waals surface area contributed by atoms with Crippen molar-refractivity contribution >= 4 is 23.1 Å². The Morgan fingerprint density at radius 1 is 1.07 bits per heavy atom. The zero-order valence-corrected chi connectivity index (χ0v) is 14.9. The third kappa shape index (κ3) is 3.73.